The van der Waals surface area contributed by atoms with Crippen molar-refractivity contribution in [1.29, 1.82) is 0 Å². The topological polar surface area (TPSA) is 16.4 Å². The van der Waals surface area contributed by atoms with Gasteiger partial charge >= 0.3 is 0 Å². The van der Waals surface area contributed by atoms with E-state index in [1.807, 2.05) is 17.4 Å². The molecule has 0 spiro atoms. The fraction of sp³-hybridized carbons (Fsp3) is 0.0545. The Balaban J connectivity index is 1.07. The van der Waals surface area contributed by atoms with Gasteiger partial charge in [0.2, 0.25) is 0 Å². The van der Waals surface area contributed by atoms with Crippen LogP contribution < -0.4 is 4.90 Å². The molecule has 0 unspecified atom stereocenters. The van der Waals surface area contributed by atoms with Crippen LogP contribution in [0.2, 0.25) is 0 Å². The molecule has 2 aliphatic carbocycles. The number of para-hydroxylation sites is 1. The highest BCUT2D eigenvalue weighted by Gasteiger charge is 2.40. The van der Waals surface area contributed by atoms with E-state index in [0.717, 1.165) is 39.0 Å². The summed E-state index contributed by atoms with van der Waals surface area (Å²) in [5, 5.41) is 7.75. The number of fused-ring (bicyclic) bond motifs is 4. The van der Waals surface area contributed by atoms with Crippen molar-refractivity contribution >= 4 is 81.3 Å². The lowest BCUT2D eigenvalue weighted by atomic mass is 9.79. The average molecular weight is 758 g/mol. The molecule has 0 aliphatic heterocycles. The van der Waals surface area contributed by atoms with Gasteiger partial charge in [0.25, 0.3) is 0 Å². The summed E-state index contributed by atoms with van der Waals surface area (Å²) in [4.78, 5) is 2.38. The van der Waals surface area contributed by atoms with Gasteiger partial charge in [0.05, 0.1) is 0 Å². The van der Waals surface area contributed by atoms with Crippen molar-refractivity contribution in [2.45, 2.75) is 19.3 Å². The molecule has 272 valence electrons. The molecule has 2 nitrogen and oxygen atoms in total. The zero-order valence-corrected chi connectivity index (χ0v) is 32.8. The van der Waals surface area contributed by atoms with Crippen LogP contribution in [0.3, 0.4) is 0 Å². The molecule has 9 aromatic carbocycles. The predicted molar refractivity (Wildman–Crippen MR) is 246 cm³/mol. The summed E-state index contributed by atoms with van der Waals surface area (Å²) >= 11 is 1.92. The first-order valence-electron chi connectivity index (χ1n) is 20.1. The number of thiophene rings is 1. The Bertz CT molecular complexity index is 3550. The van der Waals surface area contributed by atoms with Crippen molar-refractivity contribution < 1.29 is 4.42 Å². The number of rotatable bonds is 5. The van der Waals surface area contributed by atoms with E-state index in [1.165, 1.54) is 86.6 Å². The van der Waals surface area contributed by atoms with Crippen LogP contribution >= 0.6 is 11.3 Å². The smallest absolute Gasteiger partial charge is 0.137 e. The summed E-state index contributed by atoms with van der Waals surface area (Å²) in [7, 11) is 0. The van der Waals surface area contributed by atoms with Crippen molar-refractivity contribution in [2.24, 2.45) is 0 Å². The van der Waals surface area contributed by atoms with E-state index >= 15 is 0 Å². The van der Waals surface area contributed by atoms with Gasteiger partial charge in [-0.1, -0.05) is 123 Å². The highest BCUT2D eigenvalue weighted by atomic mass is 32.1. The second-order valence-electron chi connectivity index (χ2n) is 16.4. The lowest BCUT2D eigenvalue weighted by molar-refractivity contribution is 0.661. The molecule has 11 aromatic rings. The minimum absolute atomic E-state index is 0.156. The maximum Gasteiger partial charge on any atom is 0.137 e. The fourth-order valence-corrected chi connectivity index (χ4v) is 11.5. The van der Waals surface area contributed by atoms with Crippen molar-refractivity contribution in [3.8, 4) is 44.5 Å². The number of hydrogen-bond donors (Lipinski definition) is 0. The maximum absolute atomic E-state index is 6.47. The molecule has 2 aliphatic rings. The number of nitrogens with zero attached hydrogens (tertiary/aromatic N) is 1. The van der Waals surface area contributed by atoms with E-state index in [4.69, 9.17) is 4.42 Å². The van der Waals surface area contributed by atoms with E-state index < -0.39 is 0 Å². The van der Waals surface area contributed by atoms with E-state index in [1.54, 1.807) is 0 Å². The minimum Gasteiger partial charge on any atom is -0.456 e. The molecule has 13 rings (SSSR count). The number of anilines is 3. The van der Waals surface area contributed by atoms with Gasteiger partial charge < -0.3 is 9.32 Å². The number of furan rings is 1. The van der Waals surface area contributed by atoms with Gasteiger partial charge in [0.1, 0.15) is 11.2 Å². The summed E-state index contributed by atoms with van der Waals surface area (Å²) < 4.78 is 9.18. The third-order valence-corrected chi connectivity index (χ3v) is 14.1. The first kappa shape index (κ1) is 32.2. The minimum atomic E-state index is -0.156. The molecule has 0 saturated carbocycles. The zero-order chi connectivity index (χ0) is 38.3. The molecule has 3 heteroatoms. The Morgan fingerprint density at radius 3 is 1.97 bits per heavy atom. The van der Waals surface area contributed by atoms with Gasteiger partial charge in [-0.3, -0.25) is 0 Å². The fourth-order valence-electron chi connectivity index (χ4n) is 10.3. The normalized spacial score (nSPS) is 13.5. The molecule has 0 fully saturated rings. The third kappa shape index (κ3) is 4.31. The van der Waals surface area contributed by atoms with Gasteiger partial charge in [0.15, 0.2) is 0 Å². The van der Waals surface area contributed by atoms with E-state index in [-0.39, 0.29) is 5.41 Å². The maximum atomic E-state index is 6.47. The first-order chi connectivity index (χ1) is 28.5. The summed E-state index contributed by atoms with van der Waals surface area (Å²) in [6, 6.07) is 64.8. The molecule has 0 atom stereocenters. The summed E-state index contributed by atoms with van der Waals surface area (Å²) in [6.45, 7) is 4.83. The molecular weight excluding hydrogens is 723 g/mol. The summed E-state index contributed by atoms with van der Waals surface area (Å²) in [6.07, 6.45) is 0. The Kier molecular flexibility index (Phi) is 6.42. The highest BCUT2D eigenvalue weighted by molar-refractivity contribution is 7.26. The van der Waals surface area contributed by atoms with Gasteiger partial charge in [0, 0.05) is 59.5 Å². The van der Waals surface area contributed by atoms with E-state index in [2.05, 4.69) is 189 Å². The molecule has 0 amide bonds. The number of benzene rings is 9. The van der Waals surface area contributed by atoms with Gasteiger partial charge in [-0.05, 0) is 127 Å². The van der Waals surface area contributed by atoms with Crippen molar-refractivity contribution in [2.75, 3.05) is 4.90 Å². The van der Waals surface area contributed by atoms with Crippen LogP contribution in [0.1, 0.15) is 25.0 Å². The molecule has 2 aromatic heterocycles. The van der Waals surface area contributed by atoms with Crippen LogP contribution in [0.4, 0.5) is 17.1 Å². The van der Waals surface area contributed by atoms with E-state index in [9.17, 15) is 0 Å². The van der Waals surface area contributed by atoms with Crippen LogP contribution in [0.15, 0.2) is 180 Å². The largest absolute Gasteiger partial charge is 0.456 e. The summed E-state index contributed by atoms with van der Waals surface area (Å²) in [5.41, 5.74) is 18.0. The monoisotopic (exact) mass is 757 g/mol. The van der Waals surface area contributed by atoms with Gasteiger partial charge in [-0.15, -0.1) is 11.3 Å². The molecule has 2 heterocycles. The SMILES string of the molecule is CC1(C)c2cccc3c2-c2c1cc(-c1cccc(N(c4cccc(-c5ccccc5)c4)c4ccc5c(c4)oc4ccccc45)c1)c1ccc4sc5cccc-3c5c4c21. The quantitative estimate of drug-likeness (QED) is 0.174. The molecule has 0 bridgehead atoms. The predicted octanol–water partition coefficient (Wildman–Crippen LogP) is 16.2. The Hall–Kier alpha value is -6.94. The lowest BCUT2D eigenvalue weighted by Crippen LogP contribution is -2.15. The van der Waals surface area contributed by atoms with Crippen molar-refractivity contribution in [1.82, 2.24) is 0 Å². The standard InChI is InChI=1S/C55H35NOS/c1-55(2)44-21-10-19-40-41-20-11-23-48-51(41)54-49(58-48)27-26-42-43(31-45(55)53(50(40)44)52(42)54)34-15-9-17-36(29-34)56(35-16-8-14-33(28-35)32-12-4-3-5-13-32)37-24-25-39-38-18-6-7-22-46(38)57-47(39)30-37/h3-31H,1-2H3. The van der Waals surface area contributed by atoms with Crippen LogP contribution in [0, 0.1) is 0 Å². The van der Waals surface area contributed by atoms with Gasteiger partial charge in [-0.25, -0.2) is 0 Å². The Labute approximate surface area is 339 Å². The number of hydrogen-bond acceptors (Lipinski definition) is 3. The molecule has 0 radical (unpaired) electrons. The van der Waals surface area contributed by atoms with Crippen LogP contribution in [-0.4, -0.2) is 0 Å². The van der Waals surface area contributed by atoms with E-state index in [0.29, 0.717) is 0 Å². The Morgan fingerprint density at radius 1 is 0.414 bits per heavy atom. The Morgan fingerprint density at radius 2 is 1.09 bits per heavy atom. The van der Waals surface area contributed by atoms with Crippen molar-refractivity contribution in [3.05, 3.63) is 187 Å². The van der Waals surface area contributed by atoms with Crippen LogP contribution in [-0.2, 0) is 5.41 Å². The van der Waals surface area contributed by atoms with Gasteiger partial charge in [-0.2, -0.15) is 0 Å². The average Bonchev–Trinajstić information content (AvgIpc) is 3.88. The molecule has 0 N–H and O–H groups in total. The first-order valence-corrected chi connectivity index (χ1v) is 20.9. The molecule has 58 heavy (non-hydrogen) atoms. The second kappa shape index (κ2) is 11.6. The summed E-state index contributed by atoms with van der Waals surface area (Å²) in [5.74, 6) is 0. The van der Waals surface area contributed by atoms with Crippen LogP contribution in [0.5, 0.6) is 0 Å². The zero-order valence-electron chi connectivity index (χ0n) is 32.0. The van der Waals surface area contributed by atoms with Crippen molar-refractivity contribution in [3.63, 3.8) is 0 Å². The highest BCUT2D eigenvalue weighted by Crippen LogP contribution is 2.60. The molecule has 0 saturated heterocycles. The molecular formula is C55H35NOS. The van der Waals surface area contributed by atoms with Crippen LogP contribution in [0.25, 0.3) is 97.4 Å². The third-order valence-electron chi connectivity index (χ3n) is 13.0. The lowest BCUT2D eigenvalue weighted by Gasteiger charge is -2.27. The second-order valence-corrected chi connectivity index (χ2v) is 17.5.